The number of amides is 1. The maximum absolute atomic E-state index is 13.4. The number of carbonyl (C=O) groups is 2. The van der Waals surface area contributed by atoms with Gasteiger partial charge < -0.3 is 14.4 Å². The summed E-state index contributed by atoms with van der Waals surface area (Å²) in [6.07, 6.45) is 0. The van der Waals surface area contributed by atoms with Crippen LogP contribution < -0.4 is 4.90 Å². The van der Waals surface area contributed by atoms with Gasteiger partial charge in [-0.15, -0.1) is 11.3 Å². The molecular formula is C25H22FN3O2S. The minimum absolute atomic E-state index is 0.0236. The van der Waals surface area contributed by atoms with Crippen molar-refractivity contribution in [2.75, 3.05) is 31.1 Å². The van der Waals surface area contributed by atoms with Gasteiger partial charge in [0.2, 0.25) is 0 Å². The first-order valence-electron chi connectivity index (χ1n) is 10.5. The van der Waals surface area contributed by atoms with E-state index in [0.29, 0.717) is 37.4 Å². The van der Waals surface area contributed by atoms with Gasteiger partial charge in [0.15, 0.2) is 5.78 Å². The van der Waals surface area contributed by atoms with Crippen LogP contribution in [0.3, 0.4) is 0 Å². The van der Waals surface area contributed by atoms with Crippen molar-refractivity contribution in [3.05, 3.63) is 89.2 Å². The molecule has 0 N–H and O–H groups in total. The number of piperazine rings is 1. The standard InChI is InChI=1S/C25H22FN3O2S/c26-19-6-8-20(9-7-19)27-11-13-28(14-12-27)25(31)22-16-24-21(10-15-32-24)29(22)17-23(30)18-4-2-1-3-5-18/h1-10,15-16H,11-14,17H2. The van der Waals surface area contributed by atoms with E-state index in [1.54, 1.807) is 35.6 Å². The number of hydrogen-bond donors (Lipinski definition) is 0. The van der Waals surface area contributed by atoms with Crippen molar-refractivity contribution in [2.24, 2.45) is 0 Å². The van der Waals surface area contributed by atoms with Crippen molar-refractivity contribution >= 4 is 38.9 Å². The molecule has 32 heavy (non-hydrogen) atoms. The Morgan fingerprint density at radius 3 is 2.34 bits per heavy atom. The number of nitrogens with zero attached hydrogens (tertiary/aromatic N) is 3. The molecule has 7 heteroatoms. The van der Waals surface area contributed by atoms with E-state index in [-0.39, 0.29) is 24.1 Å². The van der Waals surface area contributed by atoms with Crippen LogP contribution in [-0.4, -0.2) is 47.3 Å². The lowest BCUT2D eigenvalue weighted by Gasteiger charge is -2.36. The molecule has 1 aliphatic rings. The van der Waals surface area contributed by atoms with Crippen molar-refractivity contribution in [1.82, 2.24) is 9.47 Å². The number of hydrogen-bond acceptors (Lipinski definition) is 4. The summed E-state index contributed by atoms with van der Waals surface area (Å²) >= 11 is 1.57. The highest BCUT2D eigenvalue weighted by atomic mass is 32.1. The lowest BCUT2D eigenvalue weighted by molar-refractivity contribution is 0.0736. The molecule has 0 saturated carbocycles. The van der Waals surface area contributed by atoms with E-state index >= 15 is 0 Å². The van der Waals surface area contributed by atoms with E-state index in [4.69, 9.17) is 0 Å². The van der Waals surface area contributed by atoms with Crippen LogP contribution >= 0.6 is 11.3 Å². The molecule has 5 nitrogen and oxygen atoms in total. The molecule has 2 aromatic heterocycles. The van der Waals surface area contributed by atoms with Crippen molar-refractivity contribution in [3.63, 3.8) is 0 Å². The van der Waals surface area contributed by atoms with Crippen LogP contribution in [0.1, 0.15) is 20.8 Å². The van der Waals surface area contributed by atoms with Crippen LogP contribution in [-0.2, 0) is 6.54 Å². The molecule has 4 aromatic rings. The number of ketones is 1. The molecule has 0 unspecified atom stereocenters. The first kappa shape index (κ1) is 20.5. The molecule has 0 radical (unpaired) electrons. The lowest BCUT2D eigenvalue weighted by atomic mass is 10.1. The van der Waals surface area contributed by atoms with E-state index in [9.17, 15) is 14.0 Å². The molecule has 1 aliphatic heterocycles. The summed E-state index contributed by atoms with van der Waals surface area (Å²) in [5.74, 6) is -0.342. The van der Waals surface area contributed by atoms with E-state index in [2.05, 4.69) is 4.90 Å². The van der Waals surface area contributed by atoms with Crippen LogP contribution in [0, 0.1) is 5.82 Å². The fraction of sp³-hybridized carbons (Fsp3) is 0.200. The van der Waals surface area contributed by atoms with Gasteiger partial charge in [-0.1, -0.05) is 30.3 Å². The molecule has 0 bridgehead atoms. The van der Waals surface area contributed by atoms with Gasteiger partial charge in [-0.2, -0.15) is 0 Å². The molecule has 0 spiro atoms. The summed E-state index contributed by atoms with van der Waals surface area (Å²) in [6, 6.07) is 19.5. The largest absolute Gasteiger partial charge is 0.368 e. The van der Waals surface area contributed by atoms with Crippen molar-refractivity contribution in [3.8, 4) is 0 Å². The summed E-state index contributed by atoms with van der Waals surface area (Å²) in [5.41, 5.74) is 3.05. The molecular weight excluding hydrogens is 425 g/mol. The van der Waals surface area contributed by atoms with Crippen molar-refractivity contribution < 1.29 is 14.0 Å². The minimum Gasteiger partial charge on any atom is -0.368 e. The van der Waals surface area contributed by atoms with E-state index < -0.39 is 0 Å². The molecule has 2 aromatic carbocycles. The highest BCUT2D eigenvalue weighted by Crippen LogP contribution is 2.27. The van der Waals surface area contributed by atoms with E-state index in [1.165, 1.54) is 12.1 Å². The quantitative estimate of drug-likeness (QED) is 0.417. The lowest BCUT2D eigenvalue weighted by Crippen LogP contribution is -2.49. The Hall–Kier alpha value is -3.45. The maximum Gasteiger partial charge on any atom is 0.270 e. The van der Waals surface area contributed by atoms with Gasteiger partial charge in [0.05, 0.1) is 16.8 Å². The number of Topliss-reactive ketones (excluding diaryl/α,β-unsaturated/α-hetero) is 1. The Bertz CT molecular complexity index is 1260. The predicted octanol–water partition coefficient (Wildman–Crippen LogP) is 4.69. The first-order chi connectivity index (χ1) is 15.6. The van der Waals surface area contributed by atoms with Gasteiger partial charge in [-0.05, 0) is 41.8 Å². The highest BCUT2D eigenvalue weighted by Gasteiger charge is 2.26. The number of carbonyl (C=O) groups excluding carboxylic acids is 2. The average Bonchev–Trinajstić information content (AvgIpc) is 3.42. The molecule has 0 atom stereocenters. The molecule has 1 amide bonds. The van der Waals surface area contributed by atoms with Gasteiger partial charge in [0, 0.05) is 37.4 Å². The smallest absolute Gasteiger partial charge is 0.270 e. The second-order valence-corrected chi connectivity index (χ2v) is 8.78. The summed E-state index contributed by atoms with van der Waals surface area (Å²) < 4.78 is 16.1. The number of anilines is 1. The van der Waals surface area contributed by atoms with Crippen LogP contribution in [0.2, 0.25) is 0 Å². The third kappa shape index (κ3) is 3.91. The molecule has 1 saturated heterocycles. The Kier molecular flexibility index (Phi) is 5.49. The number of fused-ring (bicyclic) bond motifs is 1. The molecule has 0 aliphatic carbocycles. The molecule has 3 heterocycles. The van der Waals surface area contributed by atoms with Gasteiger partial charge in [-0.3, -0.25) is 9.59 Å². The number of halogens is 1. The zero-order chi connectivity index (χ0) is 22.1. The minimum atomic E-state index is -0.256. The summed E-state index contributed by atoms with van der Waals surface area (Å²) in [4.78, 5) is 30.3. The highest BCUT2D eigenvalue weighted by molar-refractivity contribution is 7.17. The van der Waals surface area contributed by atoms with Crippen LogP contribution in [0.25, 0.3) is 10.2 Å². The maximum atomic E-state index is 13.4. The molecule has 162 valence electrons. The predicted molar refractivity (Wildman–Crippen MR) is 125 cm³/mol. The second-order valence-electron chi connectivity index (χ2n) is 7.83. The topological polar surface area (TPSA) is 45.6 Å². The summed E-state index contributed by atoms with van der Waals surface area (Å²) in [5, 5.41) is 1.98. The average molecular weight is 448 g/mol. The summed E-state index contributed by atoms with van der Waals surface area (Å²) in [6.45, 7) is 2.62. The van der Waals surface area contributed by atoms with Crippen molar-refractivity contribution in [2.45, 2.75) is 6.54 Å². The number of thiophene rings is 1. The van der Waals surface area contributed by atoms with Crippen molar-refractivity contribution in [1.29, 1.82) is 0 Å². The third-order valence-corrected chi connectivity index (χ3v) is 6.75. The molecule has 5 rings (SSSR count). The first-order valence-corrected chi connectivity index (χ1v) is 11.4. The fourth-order valence-corrected chi connectivity index (χ4v) is 4.99. The Morgan fingerprint density at radius 1 is 0.906 bits per heavy atom. The van der Waals surface area contributed by atoms with Gasteiger partial charge in [0.1, 0.15) is 11.5 Å². The van der Waals surface area contributed by atoms with Gasteiger partial charge in [-0.25, -0.2) is 4.39 Å². The molecule has 1 fully saturated rings. The number of rotatable bonds is 5. The fourth-order valence-electron chi connectivity index (χ4n) is 4.17. The Labute approximate surface area is 189 Å². The number of aromatic nitrogens is 1. The monoisotopic (exact) mass is 447 g/mol. The normalized spacial score (nSPS) is 14.2. The van der Waals surface area contributed by atoms with Crippen LogP contribution in [0.4, 0.5) is 10.1 Å². The van der Waals surface area contributed by atoms with Gasteiger partial charge >= 0.3 is 0 Å². The van der Waals surface area contributed by atoms with E-state index in [1.807, 2.05) is 45.2 Å². The van der Waals surface area contributed by atoms with Crippen LogP contribution in [0.15, 0.2) is 72.1 Å². The second kappa shape index (κ2) is 8.59. The summed E-state index contributed by atoms with van der Waals surface area (Å²) in [7, 11) is 0. The SMILES string of the molecule is O=C(Cn1c(C(=O)N2CCN(c3ccc(F)cc3)CC2)cc2sccc21)c1ccccc1. The number of benzene rings is 2. The zero-order valence-corrected chi connectivity index (χ0v) is 18.2. The van der Waals surface area contributed by atoms with Crippen LogP contribution in [0.5, 0.6) is 0 Å². The van der Waals surface area contributed by atoms with Gasteiger partial charge in [0.25, 0.3) is 5.91 Å². The van der Waals surface area contributed by atoms with E-state index in [0.717, 1.165) is 15.9 Å². The third-order valence-electron chi connectivity index (χ3n) is 5.90. The Balaban J connectivity index is 1.35. The zero-order valence-electron chi connectivity index (χ0n) is 17.4. The Morgan fingerprint density at radius 2 is 1.62 bits per heavy atom.